The highest BCUT2D eigenvalue weighted by molar-refractivity contribution is 6.31. The summed E-state index contributed by atoms with van der Waals surface area (Å²) in [6.07, 6.45) is 1.77. The molecular formula is C32H27ClN8. The van der Waals surface area contributed by atoms with Crippen LogP contribution < -0.4 is 21.3 Å². The highest BCUT2D eigenvalue weighted by Crippen LogP contribution is 2.28. The van der Waals surface area contributed by atoms with Gasteiger partial charge in [-0.15, -0.1) is 0 Å². The normalized spacial score (nSPS) is 10.8. The van der Waals surface area contributed by atoms with Crippen molar-refractivity contribution in [2.75, 3.05) is 21.3 Å². The standard InChI is InChI=1S/C32H27ClN8/c1-21-7-5-6-10-27(21)38-32-40-30(35-20-22-8-3-2-4-9-22)39-31(41-32)37-25-14-12-24(13-15-25)36-28-17-18-34-29-19-23(33)11-16-26(28)29/h2-19H,20H2,1H3,(H,34,36)(H3,35,37,38,39,40,41). The summed E-state index contributed by atoms with van der Waals surface area (Å²) < 4.78 is 0. The van der Waals surface area contributed by atoms with Crippen LogP contribution in [-0.2, 0) is 6.54 Å². The average molecular weight is 559 g/mol. The molecule has 0 unspecified atom stereocenters. The molecule has 0 spiro atoms. The number of halogens is 1. The van der Waals surface area contributed by atoms with E-state index in [0.717, 1.165) is 44.8 Å². The molecule has 0 bridgehead atoms. The van der Waals surface area contributed by atoms with Crippen molar-refractivity contribution in [3.05, 3.63) is 125 Å². The van der Waals surface area contributed by atoms with Crippen LogP contribution in [0.15, 0.2) is 109 Å². The summed E-state index contributed by atoms with van der Waals surface area (Å²) in [5.41, 5.74) is 6.71. The van der Waals surface area contributed by atoms with Gasteiger partial charge in [0.05, 0.1) is 5.52 Å². The number of benzene rings is 4. The molecule has 9 heteroatoms. The topological polar surface area (TPSA) is 99.7 Å². The van der Waals surface area contributed by atoms with Gasteiger partial charge < -0.3 is 21.3 Å². The van der Waals surface area contributed by atoms with Crippen molar-refractivity contribution in [2.24, 2.45) is 0 Å². The fraction of sp³-hybridized carbons (Fsp3) is 0.0625. The van der Waals surface area contributed by atoms with Gasteiger partial charge in [0.2, 0.25) is 17.8 Å². The number of aromatic nitrogens is 4. The van der Waals surface area contributed by atoms with E-state index >= 15 is 0 Å². The molecule has 41 heavy (non-hydrogen) atoms. The first-order chi connectivity index (χ1) is 20.1. The van der Waals surface area contributed by atoms with Crippen LogP contribution in [0.4, 0.5) is 40.6 Å². The van der Waals surface area contributed by atoms with Crippen molar-refractivity contribution in [1.29, 1.82) is 0 Å². The summed E-state index contributed by atoms with van der Waals surface area (Å²) in [6, 6.07) is 33.7. The Morgan fingerprint density at radius 1 is 0.634 bits per heavy atom. The first-order valence-corrected chi connectivity index (χ1v) is 13.5. The molecule has 202 valence electrons. The number of rotatable bonds is 9. The quantitative estimate of drug-likeness (QED) is 0.141. The Labute approximate surface area is 242 Å². The average Bonchev–Trinajstić information content (AvgIpc) is 2.99. The minimum Gasteiger partial charge on any atom is -0.355 e. The van der Waals surface area contributed by atoms with E-state index in [1.807, 2.05) is 97.9 Å². The van der Waals surface area contributed by atoms with Crippen molar-refractivity contribution in [3.63, 3.8) is 0 Å². The van der Waals surface area contributed by atoms with Gasteiger partial charge >= 0.3 is 0 Å². The largest absolute Gasteiger partial charge is 0.355 e. The Balaban J connectivity index is 1.22. The number of fused-ring (bicyclic) bond motifs is 1. The zero-order chi connectivity index (χ0) is 28.0. The first-order valence-electron chi connectivity index (χ1n) is 13.1. The SMILES string of the molecule is Cc1ccccc1Nc1nc(NCc2ccccc2)nc(Nc2ccc(Nc3ccnc4cc(Cl)ccc34)cc2)n1. The Kier molecular flexibility index (Phi) is 7.55. The predicted octanol–water partition coefficient (Wildman–Crippen LogP) is 8.22. The molecule has 0 fully saturated rings. The van der Waals surface area contributed by atoms with E-state index < -0.39 is 0 Å². The molecule has 4 N–H and O–H groups in total. The second-order valence-electron chi connectivity index (χ2n) is 9.43. The Morgan fingerprint density at radius 2 is 1.32 bits per heavy atom. The molecule has 6 rings (SSSR count). The number of anilines is 7. The van der Waals surface area contributed by atoms with E-state index in [0.29, 0.717) is 29.4 Å². The van der Waals surface area contributed by atoms with Crippen molar-refractivity contribution in [1.82, 2.24) is 19.9 Å². The van der Waals surface area contributed by atoms with E-state index in [1.165, 1.54) is 0 Å². The van der Waals surface area contributed by atoms with Crippen molar-refractivity contribution < 1.29 is 0 Å². The van der Waals surface area contributed by atoms with Gasteiger partial charge in [-0.2, -0.15) is 15.0 Å². The lowest BCUT2D eigenvalue weighted by Gasteiger charge is -2.13. The van der Waals surface area contributed by atoms with E-state index in [4.69, 9.17) is 11.6 Å². The Hall–Kier alpha value is -5.21. The molecule has 0 amide bonds. The summed E-state index contributed by atoms with van der Waals surface area (Å²) in [5.74, 6) is 1.32. The van der Waals surface area contributed by atoms with Crippen LogP contribution in [-0.4, -0.2) is 19.9 Å². The Morgan fingerprint density at radius 3 is 2.10 bits per heavy atom. The number of para-hydroxylation sites is 1. The fourth-order valence-corrected chi connectivity index (χ4v) is 4.50. The zero-order valence-corrected chi connectivity index (χ0v) is 23.0. The number of aryl methyl sites for hydroxylation is 1. The summed E-state index contributed by atoms with van der Waals surface area (Å²) in [7, 11) is 0. The fourth-order valence-electron chi connectivity index (χ4n) is 4.33. The third-order valence-corrected chi connectivity index (χ3v) is 6.68. The molecule has 0 aliphatic carbocycles. The van der Waals surface area contributed by atoms with Crippen LogP contribution >= 0.6 is 11.6 Å². The molecule has 2 heterocycles. The molecule has 0 atom stereocenters. The highest BCUT2D eigenvalue weighted by Gasteiger charge is 2.10. The van der Waals surface area contributed by atoms with Crippen LogP contribution in [0.5, 0.6) is 0 Å². The van der Waals surface area contributed by atoms with Gasteiger partial charge in [0.15, 0.2) is 0 Å². The van der Waals surface area contributed by atoms with Crippen LogP contribution in [0.3, 0.4) is 0 Å². The van der Waals surface area contributed by atoms with Crippen molar-refractivity contribution in [2.45, 2.75) is 13.5 Å². The minimum atomic E-state index is 0.421. The number of hydrogen-bond donors (Lipinski definition) is 4. The first kappa shape index (κ1) is 26.0. The lowest BCUT2D eigenvalue weighted by Crippen LogP contribution is -2.10. The van der Waals surface area contributed by atoms with E-state index in [2.05, 4.69) is 53.3 Å². The van der Waals surface area contributed by atoms with E-state index in [-0.39, 0.29) is 0 Å². The van der Waals surface area contributed by atoms with Gasteiger partial charge in [0.1, 0.15) is 0 Å². The second-order valence-corrected chi connectivity index (χ2v) is 9.87. The van der Waals surface area contributed by atoms with E-state index in [1.54, 1.807) is 6.20 Å². The predicted molar refractivity (Wildman–Crippen MR) is 168 cm³/mol. The summed E-state index contributed by atoms with van der Waals surface area (Å²) >= 11 is 6.14. The third-order valence-electron chi connectivity index (χ3n) is 6.45. The molecule has 4 aromatic carbocycles. The maximum absolute atomic E-state index is 6.14. The molecule has 0 aliphatic rings. The number of hydrogen-bond acceptors (Lipinski definition) is 8. The summed E-state index contributed by atoms with van der Waals surface area (Å²) in [6.45, 7) is 2.63. The number of pyridine rings is 1. The summed E-state index contributed by atoms with van der Waals surface area (Å²) in [4.78, 5) is 18.3. The van der Waals surface area contributed by atoms with E-state index in [9.17, 15) is 0 Å². The molecule has 6 aromatic rings. The van der Waals surface area contributed by atoms with Gasteiger partial charge in [-0.1, -0.05) is 60.1 Å². The smallest absolute Gasteiger partial charge is 0.233 e. The molecule has 2 aromatic heterocycles. The lowest BCUT2D eigenvalue weighted by atomic mass is 10.2. The minimum absolute atomic E-state index is 0.421. The van der Waals surface area contributed by atoms with Gasteiger partial charge in [-0.05, 0) is 72.6 Å². The van der Waals surface area contributed by atoms with Gasteiger partial charge in [0, 0.05) is 45.9 Å². The molecule has 8 nitrogen and oxygen atoms in total. The van der Waals surface area contributed by atoms with Crippen molar-refractivity contribution >= 4 is 63.1 Å². The molecule has 0 saturated carbocycles. The van der Waals surface area contributed by atoms with Crippen LogP contribution in [0.2, 0.25) is 5.02 Å². The second kappa shape index (κ2) is 11.9. The lowest BCUT2D eigenvalue weighted by molar-refractivity contribution is 1.01. The van der Waals surface area contributed by atoms with Gasteiger partial charge in [0.25, 0.3) is 0 Å². The molecule has 0 aliphatic heterocycles. The monoisotopic (exact) mass is 558 g/mol. The Bertz CT molecular complexity index is 1790. The number of nitrogens with one attached hydrogen (secondary N) is 4. The maximum Gasteiger partial charge on any atom is 0.233 e. The molecular weight excluding hydrogens is 532 g/mol. The van der Waals surface area contributed by atoms with Crippen LogP contribution in [0.1, 0.15) is 11.1 Å². The van der Waals surface area contributed by atoms with Crippen molar-refractivity contribution in [3.8, 4) is 0 Å². The molecule has 0 radical (unpaired) electrons. The zero-order valence-electron chi connectivity index (χ0n) is 22.3. The maximum atomic E-state index is 6.14. The highest BCUT2D eigenvalue weighted by atomic mass is 35.5. The van der Waals surface area contributed by atoms with Gasteiger partial charge in [-0.25, -0.2) is 0 Å². The summed E-state index contributed by atoms with van der Waals surface area (Å²) in [5, 5.41) is 15.1. The van der Waals surface area contributed by atoms with Crippen LogP contribution in [0.25, 0.3) is 10.9 Å². The molecule has 0 saturated heterocycles. The van der Waals surface area contributed by atoms with Crippen LogP contribution in [0, 0.1) is 6.92 Å². The number of nitrogens with zero attached hydrogens (tertiary/aromatic N) is 4. The van der Waals surface area contributed by atoms with Gasteiger partial charge in [-0.3, -0.25) is 4.98 Å². The third kappa shape index (κ3) is 6.51.